The summed E-state index contributed by atoms with van der Waals surface area (Å²) in [5, 5.41) is 0. The summed E-state index contributed by atoms with van der Waals surface area (Å²) in [5.74, 6) is -0.564. The van der Waals surface area contributed by atoms with E-state index in [0.717, 1.165) is 0 Å². The third-order valence-electron chi connectivity index (χ3n) is 1.73. The van der Waals surface area contributed by atoms with E-state index in [2.05, 4.69) is 4.98 Å². The minimum atomic E-state index is -5.08. The van der Waals surface area contributed by atoms with Crippen molar-refractivity contribution in [2.75, 3.05) is 5.73 Å². The molecule has 0 saturated carbocycles. The first kappa shape index (κ1) is 12.3. The van der Waals surface area contributed by atoms with Crippen LogP contribution in [0.15, 0.2) is 6.07 Å². The van der Waals surface area contributed by atoms with Gasteiger partial charge in [0.15, 0.2) is 6.29 Å². The van der Waals surface area contributed by atoms with Gasteiger partial charge in [0.2, 0.25) is 0 Å². The summed E-state index contributed by atoms with van der Waals surface area (Å²) in [6.07, 6.45) is -8.73. The number of aromatic nitrogens is 1. The lowest BCUT2D eigenvalue weighted by molar-refractivity contribution is -0.140. The van der Waals surface area contributed by atoms with Crippen LogP contribution >= 0.6 is 0 Å². The fourth-order valence-electron chi connectivity index (χ4n) is 1.17. The first-order valence-electron chi connectivity index (χ1n) is 3.88. The van der Waals surface area contributed by atoms with Crippen LogP contribution in [0.1, 0.15) is 28.0 Å². The van der Waals surface area contributed by atoms with E-state index in [-0.39, 0.29) is 6.29 Å². The van der Waals surface area contributed by atoms with Crippen molar-refractivity contribution >= 4 is 12.1 Å². The Balaban J connectivity index is 3.58. The molecule has 0 atom stereocenters. The normalized spacial score (nSPS) is 11.9. The highest BCUT2D eigenvalue weighted by molar-refractivity contribution is 5.76. The van der Waals surface area contributed by atoms with Crippen molar-refractivity contribution in [2.24, 2.45) is 0 Å². The Kier molecular flexibility index (Phi) is 3.11. The van der Waals surface area contributed by atoms with Gasteiger partial charge in [-0.3, -0.25) is 4.79 Å². The molecular formula is C8H5F5N2O. The van der Waals surface area contributed by atoms with Gasteiger partial charge < -0.3 is 5.73 Å². The maximum atomic E-state index is 12.4. The molecular weight excluding hydrogens is 235 g/mol. The number of rotatable bonds is 2. The molecule has 0 spiro atoms. The van der Waals surface area contributed by atoms with Gasteiger partial charge in [-0.1, -0.05) is 0 Å². The van der Waals surface area contributed by atoms with Crippen LogP contribution in [0, 0.1) is 0 Å². The van der Waals surface area contributed by atoms with Gasteiger partial charge in [-0.05, 0) is 6.07 Å². The highest BCUT2D eigenvalue weighted by atomic mass is 19.4. The van der Waals surface area contributed by atoms with Crippen molar-refractivity contribution in [3.05, 3.63) is 22.9 Å². The zero-order valence-corrected chi connectivity index (χ0v) is 7.55. The number of carbonyl (C=O) groups is 1. The number of carbonyl (C=O) groups excluding carboxylic acids is 1. The van der Waals surface area contributed by atoms with E-state index < -0.39 is 35.2 Å². The van der Waals surface area contributed by atoms with E-state index in [9.17, 15) is 26.7 Å². The molecule has 0 saturated heterocycles. The zero-order chi connectivity index (χ0) is 12.5. The van der Waals surface area contributed by atoms with E-state index >= 15 is 0 Å². The van der Waals surface area contributed by atoms with Crippen LogP contribution in [-0.4, -0.2) is 11.3 Å². The number of hydrogen-bond donors (Lipinski definition) is 1. The van der Waals surface area contributed by atoms with E-state index in [0.29, 0.717) is 6.07 Å². The smallest absolute Gasteiger partial charge is 0.384 e. The van der Waals surface area contributed by atoms with Gasteiger partial charge in [-0.25, -0.2) is 13.8 Å². The number of aldehydes is 1. The van der Waals surface area contributed by atoms with Gasteiger partial charge in [0.05, 0.1) is 5.56 Å². The van der Waals surface area contributed by atoms with Crippen LogP contribution < -0.4 is 5.73 Å². The van der Waals surface area contributed by atoms with E-state index in [1.165, 1.54) is 0 Å². The quantitative estimate of drug-likeness (QED) is 0.638. The molecule has 1 aromatic heterocycles. The summed E-state index contributed by atoms with van der Waals surface area (Å²) in [6, 6.07) is 0.403. The van der Waals surface area contributed by atoms with Crippen molar-refractivity contribution in [3.8, 4) is 0 Å². The van der Waals surface area contributed by atoms with Gasteiger partial charge in [-0.2, -0.15) is 13.2 Å². The molecule has 88 valence electrons. The molecule has 0 radical (unpaired) electrons. The molecule has 3 nitrogen and oxygen atoms in total. The number of nitrogens with two attached hydrogens (primary N) is 1. The number of pyridine rings is 1. The Hall–Kier alpha value is -1.73. The molecule has 0 aliphatic heterocycles. The molecule has 2 N–H and O–H groups in total. The molecule has 16 heavy (non-hydrogen) atoms. The molecule has 0 unspecified atom stereocenters. The molecule has 1 aromatic rings. The maximum Gasteiger partial charge on any atom is 0.419 e. The number of halogens is 5. The molecule has 1 rings (SSSR count). The molecule has 0 aromatic carbocycles. The summed E-state index contributed by atoms with van der Waals surface area (Å²) in [7, 11) is 0. The van der Waals surface area contributed by atoms with Crippen LogP contribution in [-0.2, 0) is 6.18 Å². The Labute approximate surface area is 86.1 Å². The topological polar surface area (TPSA) is 56.0 Å². The zero-order valence-electron chi connectivity index (χ0n) is 7.55. The summed E-state index contributed by atoms with van der Waals surface area (Å²) in [6.45, 7) is 0. The van der Waals surface area contributed by atoms with Gasteiger partial charge in [0, 0.05) is 5.56 Å². The number of nitrogen functional groups attached to an aromatic ring is 1. The summed E-state index contributed by atoms with van der Waals surface area (Å²) in [5.41, 5.74) is 0.789. The number of anilines is 1. The molecule has 0 aliphatic rings. The number of alkyl halides is 5. The average Bonchev–Trinajstić information content (AvgIpc) is 2.14. The largest absolute Gasteiger partial charge is 0.419 e. The van der Waals surface area contributed by atoms with E-state index in [4.69, 9.17) is 5.73 Å². The van der Waals surface area contributed by atoms with Crippen LogP contribution in [0.2, 0.25) is 0 Å². The summed E-state index contributed by atoms with van der Waals surface area (Å²) >= 11 is 0. The third kappa shape index (κ3) is 2.26. The number of nitrogens with zero attached hydrogens (tertiary/aromatic N) is 1. The first-order chi connectivity index (χ1) is 7.27. The van der Waals surface area contributed by atoms with Crippen LogP contribution in [0.25, 0.3) is 0 Å². The minimum Gasteiger partial charge on any atom is -0.384 e. The molecule has 0 fully saturated rings. The Morgan fingerprint density at radius 2 is 1.94 bits per heavy atom. The average molecular weight is 240 g/mol. The lowest BCUT2D eigenvalue weighted by Crippen LogP contribution is -2.15. The van der Waals surface area contributed by atoms with Crippen LogP contribution in [0.3, 0.4) is 0 Å². The highest BCUT2D eigenvalue weighted by Gasteiger charge is 2.39. The third-order valence-corrected chi connectivity index (χ3v) is 1.73. The van der Waals surface area contributed by atoms with Gasteiger partial charge in [0.25, 0.3) is 6.43 Å². The Bertz CT molecular complexity index is 416. The van der Waals surface area contributed by atoms with Crippen molar-refractivity contribution in [1.29, 1.82) is 0 Å². The second-order valence-electron chi connectivity index (χ2n) is 2.81. The van der Waals surface area contributed by atoms with Crippen LogP contribution in [0.4, 0.5) is 27.8 Å². The Morgan fingerprint density at radius 1 is 1.38 bits per heavy atom. The summed E-state index contributed by atoms with van der Waals surface area (Å²) in [4.78, 5) is 13.4. The first-order valence-corrected chi connectivity index (χ1v) is 3.88. The van der Waals surface area contributed by atoms with E-state index in [1.807, 2.05) is 0 Å². The van der Waals surface area contributed by atoms with E-state index in [1.54, 1.807) is 0 Å². The Morgan fingerprint density at radius 3 is 2.31 bits per heavy atom. The van der Waals surface area contributed by atoms with Gasteiger partial charge in [0.1, 0.15) is 11.5 Å². The highest BCUT2D eigenvalue weighted by Crippen LogP contribution is 2.38. The molecule has 0 bridgehead atoms. The fourth-order valence-corrected chi connectivity index (χ4v) is 1.17. The SMILES string of the molecule is Nc1cc(C(F)F)c(C(F)(F)F)c(C=O)n1. The molecule has 0 amide bonds. The molecule has 0 aliphatic carbocycles. The molecule has 8 heteroatoms. The second kappa shape index (κ2) is 4.03. The van der Waals surface area contributed by atoms with Crippen molar-refractivity contribution < 1.29 is 26.7 Å². The fraction of sp³-hybridized carbons (Fsp3) is 0.250. The van der Waals surface area contributed by atoms with Gasteiger partial charge in [-0.15, -0.1) is 0 Å². The maximum absolute atomic E-state index is 12.4. The lowest BCUT2D eigenvalue weighted by Gasteiger charge is -2.14. The van der Waals surface area contributed by atoms with Crippen molar-refractivity contribution in [1.82, 2.24) is 4.98 Å². The molecule has 1 heterocycles. The lowest BCUT2D eigenvalue weighted by atomic mass is 10.1. The van der Waals surface area contributed by atoms with Crippen molar-refractivity contribution in [2.45, 2.75) is 12.6 Å². The second-order valence-corrected chi connectivity index (χ2v) is 2.81. The number of hydrogen-bond acceptors (Lipinski definition) is 3. The van der Waals surface area contributed by atoms with Crippen molar-refractivity contribution in [3.63, 3.8) is 0 Å². The van der Waals surface area contributed by atoms with Gasteiger partial charge >= 0.3 is 6.18 Å². The summed E-state index contributed by atoms with van der Waals surface area (Å²) < 4.78 is 62.0. The standard InChI is InChI=1S/C8H5F5N2O/c9-7(10)3-1-5(14)15-4(2-16)6(3)8(11,12)13/h1-2,7H,(H2,14,15). The monoisotopic (exact) mass is 240 g/mol. The predicted octanol–water partition coefficient (Wildman–Crippen LogP) is 2.43. The van der Waals surface area contributed by atoms with Crippen LogP contribution in [0.5, 0.6) is 0 Å². The minimum absolute atomic E-state index is 0.259. The predicted molar refractivity (Wildman–Crippen MR) is 44.0 cm³/mol.